The van der Waals surface area contributed by atoms with Crippen molar-refractivity contribution in [3.8, 4) is 0 Å². The Morgan fingerprint density at radius 2 is 1.95 bits per heavy atom. The van der Waals surface area contributed by atoms with E-state index in [0.29, 0.717) is 25.0 Å². The second-order valence-corrected chi connectivity index (χ2v) is 5.81. The van der Waals surface area contributed by atoms with Gasteiger partial charge in [-0.25, -0.2) is 5.43 Å². The summed E-state index contributed by atoms with van der Waals surface area (Å²) in [6.07, 6.45) is 4.81. The van der Waals surface area contributed by atoms with E-state index >= 15 is 0 Å². The maximum absolute atomic E-state index is 12.5. The van der Waals surface area contributed by atoms with E-state index in [-0.39, 0.29) is 24.7 Å². The van der Waals surface area contributed by atoms with Crippen LogP contribution in [-0.4, -0.2) is 46.1 Å². The third-order valence-electron chi connectivity index (χ3n) is 4.43. The minimum Gasteiger partial charge on any atom is -0.481 e. The van der Waals surface area contributed by atoms with Crippen LogP contribution in [0.4, 0.5) is 0 Å². The predicted octanol–water partition coefficient (Wildman–Crippen LogP) is 0.888. The molecular weight excluding hydrogens is 274 g/mol. The third kappa shape index (κ3) is 3.40. The summed E-state index contributed by atoms with van der Waals surface area (Å²) in [5.41, 5.74) is 1.97. The predicted molar refractivity (Wildman–Crippen MR) is 75.7 cm³/mol. The van der Waals surface area contributed by atoms with Gasteiger partial charge in [0.15, 0.2) is 0 Å². The number of nitrogens with one attached hydrogen (secondary N) is 1. The molecule has 116 valence electrons. The van der Waals surface area contributed by atoms with Gasteiger partial charge in [0.25, 0.3) is 5.91 Å². The zero-order chi connectivity index (χ0) is 15.5. The molecule has 1 aliphatic heterocycles. The van der Waals surface area contributed by atoms with Crippen LogP contribution in [0.3, 0.4) is 0 Å². The van der Waals surface area contributed by atoms with E-state index < -0.39 is 11.5 Å². The molecule has 1 saturated carbocycles. The Bertz CT molecular complexity index is 481. The quantitative estimate of drug-likeness (QED) is 0.804. The fourth-order valence-corrected chi connectivity index (χ4v) is 3.16. The molecule has 0 unspecified atom stereocenters. The second kappa shape index (κ2) is 6.24. The van der Waals surface area contributed by atoms with Crippen LogP contribution in [0.2, 0.25) is 0 Å². The highest BCUT2D eigenvalue weighted by Crippen LogP contribution is 2.36. The first-order valence-electron chi connectivity index (χ1n) is 7.30. The first kappa shape index (κ1) is 15.5. The van der Waals surface area contributed by atoms with E-state index in [1.807, 2.05) is 0 Å². The van der Waals surface area contributed by atoms with Crippen molar-refractivity contribution in [2.24, 2.45) is 5.10 Å². The lowest BCUT2D eigenvalue weighted by Crippen LogP contribution is -2.54. The maximum Gasteiger partial charge on any atom is 0.305 e. The van der Waals surface area contributed by atoms with Gasteiger partial charge in [-0.1, -0.05) is 19.3 Å². The third-order valence-corrected chi connectivity index (χ3v) is 4.43. The number of carbonyl (C=O) groups excluding carboxylic acids is 2. The molecule has 2 N–H and O–H groups in total. The molecule has 2 aliphatic rings. The molecule has 7 heteroatoms. The number of rotatable bonds is 4. The van der Waals surface area contributed by atoms with Crippen molar-refractivity contribution in [2.75, 3.05) is 7.05 Å². The highest BCUT2D eigenvalue weighted by molar-refractivity contribution is 6.39. The molecule has 0 aromatic heterocycles. The van der Waals surface area contributed by atoms with Crippen molar-refractivity contribution < 1.29 is 19.5 Å². The van der Waals surface area contributed by atoms with E-state index in [0.717, 1.165) is 19.3 Å². The van der Waals surface area contributed by atoms with Gasteiger partial charge in [-0.2, -0.15) is 5.10 Å². The summed E-state index contributed by atoms with van der Waals surface area (Å²) < 4.78 is 0. The molecule has 0 aromatic carbocycles. The van der Waals surface area contributed by atoms with E-state index in [1.165, 1.54) is 4.90 Å². The average molecular weight is 295 g/mol. The SMILES string of the molecule is CN(C(=O)C1=NNC(=O)CC1)C1(CC(=O)O)CCCCC1. The smallest absolute Gasteiger partial charge is 0.305 e. The maximum atomic E-state index is 12.5. The number of hydrogen-bond acceptors (Lipinski definition) is 4. The molecule has 2 rings (SSSR count). The number of aliphatic carboxylic acids is 1. The first-order valence-corrected chi connectivity index (χ1v) is 7.30. The van der Waals surface area contributed by atoms with Crippen LogP contribution in [0.25, 0.3) is 0 Å². The molecule has 0 bridgehead atoms. The van der Waals surface area contributed by atoms with Crippen LogP contribution >= 0.6 is 0 Å². The number of carbonyl (C=O) groups is 3. The minimum atomic E-state index is -0.893. The van der Waals surface area contributed by atoms with Gasteiger partial charge >= 0.3 is 5.97 Å². The van der Waals surface area contributed by atoms with Crippen LogP contribution in [-0.2, 0) is 14.4 Å². The standard InChI is InChI=1S/C14H21N3O4/c1-17(13(21)10-5-6-11(18)16-15-10)14(9-12(19)20)7-3-2-4-8-14/h2-9H2,1H3,(H,16,18)(H,19,20). The van der Waals surface area contributed by atoms with Gasteiger partial charge < -0.3 is 10.0 Å². The van der Waals surface area contributed by atoms with E-state index in [9.17, 15) is 19.5 Å². The molecule has 0 atom stereocenters. The lowest BCUT2D eigenvalue weighted by molar-refractivity contribution is -0.143. The molecule has 0 aromatic rings. The first-order chi connectivity index (χ1) is 9.94. The van der Waals surface area contributed by atoms with E-state index in [1.54, 1.807) is 7.05 Å². The van der Waals surface area contributed by atoms with Gasteiger partial charge in [0, 0.05) is 19.9 Å². The molecule has 1 aliphatic carbocycles. The average Bonchev–Trinajstić information content (AvgIpc) is 2.47. The Kier molecular flexibility index (Phi) is 4.59. The Morgan fingerprint density at radius 3 is 2.48 bits per heavy atom. The second-order valence-electron chi connectivity index (χ2n) is 5.81. The summed E-state index contributed by atoms with van der Waals surface area (Å²) in [4.78, 5) is 36.4. The zero-order valence-corrected chi connectivity index (χ0v) is 12.2. The largest absolute Gasteiger partial charge is 0.481 e. The van der Waals surface area contributed by atoms with E-state index in [2.05, 4.69) is 10.5 Å². The van der Waals surface area contributed by atoms with Gasteiger partial charge in [0.2, 0.25) is 5.91 Å². The molecule has 0 spiro atoms. The molecule has 0 saturated heterocycles. The highest BCUT2D eigenvalue weighted by atomic mass is 16.4. The molecule has 21 heavy (non-hydrogen) atoms. The number of hydrogen-bond donors (Lipinski definition) is 2. The normalized spacial score (nSPS) is 21.2. The van der Waals surface area contributed by atoms with Crippen molar-refractivity contribution in [3.05, 3.63) is 0 Å². The Labute approximate surface area is 123 Å². The summed E-state index contributed by atoms with van der Waals surface area (Å²) in [5.74, 6) is -1.37. The van der Waals surface area contributed by atoms with Crippen LogP contribution < -0.4 is 5.43 Å². The molecule has 1 fully saturated rings. The summed E-state index contributed by atoms with van der Waals surface area (Å²) in [5, 5.41) is 13.0. The van der Waals surface area contributed by atoms with Gasteiger partial charge in [0.1, 0.15) is 5.71 Å². The van der Waals surface area contributed by atoms with Crippen molar-refractivity contribution in [2.45, 2.75) is 56.9 Å². The van der Waals surface area contributed by atoms with Crippen LogP contribution in [0.1, 0.15) is 51.4 Å². The molecule has 2 amide bonds. The molecule has 7 nitrogen and oxygen atoms in total. The van der Waals surface area contributed by atoms with Gasteiger partial charge in [-0.3, -0.25) is 14.4 Å². The van der Waals surface area contributed by atoms with Crippen molar-refractivity contribution in [1.29, 1.82) is 0 Å². The lowest BCUT2D eigenvalue weighted by atomic mass is 9.78. The summed E-state index contributed by atoms with van der Waals surface area (Å²) >= 11 is 0. The van der Waals surface area contributed by atoms with Crippen LogP contribution in [0.15, 0.2) is 5.10 Å². The van der Waals surface area contributed by atoms with E-state index in [4.69, 9.17) is 0 Å². The molecule has 1 heterocycles. The Balaban J connectivity index is 2.17. The zero-order valence-electron chi connectivity index (χ0n) is 12.2. The fourth-order valence-electron chi connectivity index (χ4n) is 3.16. The van der Waals surface area contributed by atoms with Crippen molar-refractivity contribution in [3.63, 3.8) is 0 Å². The van der Waals surface area contributed by atoms with Crippen molar-refractivity contribution in [1.82, 2.24) is 10.3 Å². The van der Waals surface area contributed by atoms with Gasteiger partial charge in [-0.15, -0.1) is 0 Å². The number of amides is 2. The van der Waals surface area contributed by atoms with Gasteiger partial charge in [-0.05, 0) is 12.8 Å². The lowest BCUT2D eigenvalue weighted by Gasteiger charge is -2.44. The number of carboxylic acid groups (broad SMARTS) is 1. The number of carboxylic acids is 1. The van der Waals surface area contributed by atoms with Crippen molar-refractivity contribution >= 4 is 23.5 Å². The highest BCUT2D eigenvalue weighted by Gasteiger charge is 2.41. The van der Waals surface area contributed by atoms with Gasteiger partial charge in [0.05, 0.1) is 12.0 Å². The topological polar surface area (TPSA) is 99.1 Å². The molecular formula is C14H21N3O4. The molecule has 0 radical (unpaired) electrons. The summed E-state index contributed by atoms with van der Waals surface area (Å²) in [6.45, 7) is 0. The number of hydrazone groups is 1. The fraction of sp³-hybridized carbons (Fsp3) is 0.714. The van der Waals surface area contributed by atoms with Crippen LogP contribution in [0, 0.1) is 0 Å². The summed E-state index contributed by atoms with van der Waals surface area (Å²) in [7, 11) is 1.65. The minimum absolute atomic E-state index is 0.0467. The number of nitrogens with zero attached hydrogens (tertiary/aromatic N) is 2. The summed E-state index contributed by atoms with van der Waals surface area (Å²) in [6, 6.07) is 0. The monoisotopic (exact) mass is 295 g/mol. The Hall–Kier alpha value is -1.92. The Morgan fingerprint density at radius 1 is 1.29 bits per heavy atom. The van der Waals surface area contributed by atoms with Crippen LogP contribution in [0.5, 0.6) is 0 Å².